The number of rotatable bonds is 3. The van der Waals surface area contributed by atoms with E-state index in [1.165, 1.54) is 0 Å². The van der Waals surface area contributed by atoms with Gasteiger partial charge < -0.3 is 5.32 Å². The second kappa shape index (κ2) is 5.28. The van der Waals surface area contributed by atoms with E-state index >= 15 is 0 Å². The largest absolute Gasteiger partial charge is 0.369 e. The number of anilines is 1. The second-order valence-electron chi connectivity index (χ2n) is 4.01. The van der Waals surface area contributed by atoms with Crippen molar-refractivity contribution >= 4 is 5.82 Å². The number of aryl methyl sites for hydroxylation is 1. The van der Waals surface area contributed by atoms with Gasteiger partial charge >= 0.3 is 0 Å². The molecule has 0 aliphatic carbocycles. The highest BCUT2D eigenvalue weighted by molar-refractivity contribution is 5.67. The molecule has 0 aromatic carbocycles. The van der Waals surface area contributed by atoms with E-state index in [0.717, 1.165) is 23.2 Å². The third-order valence-corrected chi connectivity index (χ3v) is 2.56. The molecule has 0 bridgehead atoms. The molecule has 0 saturated carbocycles. The first-order valence-corrected chi connectivity index (χ1v) is 5.80. The molecule has 2 aromatic rings. The summed E-state index contributed by atoms with van der Waals surface area (Å²) >= 11 is 0. The van der Waals surface area contributed by atoms with Gasteiger partial charge in [0.05, 0.1) is 5.56 Å². The minimum atomic E-state index is 0.552. The Hall–Kier alpha value is -2.41. The van der Waals surface area contributed by atoms with Gasteiger partial charge in [-0.15, -0.1) is 0 Å². The van der Waals surface area contributed by atoms with Gasteiger partial charge in [-0.05, 0) is 31.5 Å². The lowest BCUT2D eigenvalue weighted by molar-refractivity contribution is 1.15. The van der Waals surface area contributed by atoms with Gasteiger partial charge in [0.1, 0.15) is 11.9 Å². The molecule has 0 unspecified atom stereocenters. The van der Waals surface area contributed by atoms with Gasteiger partial charge in [-0.3, -0.25) is 4.98 Å². The van der Waals surface area contributed by atoms with Crippen LogP contribution in [0.2, 0.25) is 0 Å². The van der Waals surface area contributed by atoms with E-state index in [0.29, 0.717) is 11.4 Å². The SMILES string of the molecule is CCNc1ncc(-c2cncc(C)c2)cc1C#N. The molecule has 0 atom stereocenters. The van der Waals surface area contributed by atoms with Crippen LogP contribution >= 0.6 is 0 Å². The molecule has 0 amide bonds. The van der Waals surface area contributed by atoms with Crippen molar-refractivity contribution in [2.75, 3.05) is 11.9 Å². The van der Waals surface area contributed by atoms with Gasteiger partial charge in [0.15, 0.2) is 0 Å². The van der Waals surface area contributed by atoms with Crippen LogP contribution < -0.4 is 5.32 Å². The van der Waals surface area contributed by atoms with Crippen LogP contribution in [0.25, 0.3) is 11.1 Å². The van der Waals surface area contributed by atoms with Crippen molar-refractivity contribution in [2.45, 2.75) is 13.8 Å². The fraction of sp³-hybridized carbons (Fsp3) is 0.214. The topological polar surface area (TPSA) is 61.6 Å². The van der Waals surface area contributed by atoms with Gasteiger partial charge in [0.2, 0.25) is 0 Å². The van der Waals surface area contributed by atoms with Crippen LogP contribution in [0.5, 0.6) is 0 Å². The van der Waals surface area contributed by atoms with E-state index in [2.05, 4.69) is 21.4 Å². The molecule has 2 aromatic heterocycles. The number of nitriles is 1. The third kappa shape index (κ3) is 2.46. The molecular formula is C14H14N4. The number of nitrogens with zero attached hydrogens (tertiary/aromatic N) is 3. The number of aromatic nitrogens is 2. The maximum Gasteiger partial charge on any atom is 0.143 e. The average molecular weight is 238 g/mol. The molecule has 0 saturated heterocycles. The minimum absolute atomic E-state index is 0.552. The zero-order valence-corrected chi connectivity index (χ0v) is 10.4. The number of pyridine rings is 2. The fourth-order valence-corrected chi connectivity index (χ4v) is 1.73. The van der Waals surface area contributed by atoms with Crippen molar-refractivity contribution in [3.63, 3.8) is 0 Å². The Balaban J connectivity index is 2.45. The van der Waals surface area contributed by atoms with Gasteiger partial charge in [-0.2, -0.15) is 5.26 Å². The molecule has 2 heterocycles. The summed E-state index contributed by atoms with van der Waals surface area (Å²) in [5.41, 5.74) is 3.52. The molecule has 0 spiro atoms. The summed E-state index contributed by atoms with van der Waals surface area (Å²) in [6, 6.07) is 6.02. The third-order valence-electron chi connectivity index (χ3n) is 2.56. The lowest BCUT2D eigenvalue weighted by atomic mass is 10.1. The van der Waals surface area contributed by atoms with Gasteiger partial charge in [-0.1, -0.05) is 0 Å². The molecule has 0 radical (unpaired) electrons. The fourth-order valence-electron chi connectivity index (χ4n) is 1.73. The van der Waals surface area contributed by atoms with E-state index in [9.17, 15) is 0 Å². The molecule has 4 heteroatoms. The summed E-state index contributed by atoms with van der Waals surface area (Å²) in [4.78, 5) is 8.43. The predicted molar refractivity (Wildman–Crippen MR) is 71.1 cm³/mol. The Morgan fingerprint density at radius 1 is 1.22 bits per heavy atom. The normalized spacial score (nSPS) is 9.83. The first-order valence-electron chi connectivity index (χ1n) is 5.80. The quantitative estimate of drug-likeness (QED) is 0.893. The van der Waals surface area contributed by atoms with Gasteiger partial charge in [0.25, 0.3) is 0 Å². The Bertz CT molecular complexity index is 599. The molecule has 2 rings (SSSR count). The van der Waals surface area contributed by atoms with Crippen molar-refractivity contribution in [2.24, 2.45) is 0 Å². The van der Waals surface area contributed by atoms with Gasteiger partial charge in [-0.25, -0.2) is 4.98 Å². The van der Waals surface area contributed by atoms with Crippen LogP contribution in [0, 0.1) is 18.3 Å². The van der Waals surface area contributed by atoms with E-state index in [-0.39, 0.29) is 0 Å². The van der Waals surface area contributed by atoms with Gasteiger partial charge in [0, 0.05) is 36.3 Å². The summed E-state index contributed by atoms with van der Waals surface area (Å²) in [5, 5.41) is 12.2. The van der Waals surface area contributed by atoms with Crippen LogP contribution in [0.3, 0.4) is 0 Å². The summed E-state index contributed by atoms with van der Waals surface area (Å²) in [5.74, 6) is 0.629. The standard InChI is InChI=1S/C14H14N4/c1-3-17-14-11(6-15)5-13(9-18-14)12-4-10(2)7-16-8-12/h4-5,7-9H,3H2,1-2H3,(H,17,18). The minimum Gasteiger partial charge on any atom is -0.369 e. The Morgan fingerprint density at radius 2 is 2.00 bits per heavy atom. The first-order chi connectivity index (χ1) is 8.74. The highest BCUT2D eigenvalue weighted by Gasteiger charge is 2.06. The van der Waals surface area contributed by atoms with Crippen molar-refractivity contribution in [1.29, 1.82) is 5.26 Å². The molecule has 18 heavy (non-hydrogen) atoms. The van der Waals surface area contributed by atoms with Crippen LogP contribution in [0.15, 0.2) is 30.7 Å². The Morgan fingerprint density at radius 3 is 2.67 bits per heavy atom. The first kappa shape index (κ1) is 12.1. The van der Waals surface area contributed by atoms with Crippen molar-refractivity contribution in [3.8, 4) is 17.2 Å². The van der Waals surface area contributed by atoms with Crippen LogP contribution in [0.4, 0.5) is 5.82 Å². The van der Waals surface area contributed by atoms with E-state index in [1.54, 1.807) is 18.6 Å². The number of hydrogen-bond donors (Lipinski definition) is 1. The zero-order chi connectivity index (χ0) is 13.0. The summed E-state index contributed by atoms with van der Waals surface area (Å²) < 4.78 is 0. The monoisotopic (exact) mass is 238 g/mol. The molecule has 4 nitrogen and oxygen atoms in total. The highest BCUT2D eigenvalue weighted by Crippen LogP contribution is 2.22. The Kier molecular flexibility index (Phi) is 3.54. The molecule has 0 aliphatic rings. The molecule has 0 fully saturated rings. The molecule has 0 aliphatic heterocycles. The lowest BCUT2D eigenvalue weighted by Crippen LogP contribution is -2.02. The Labute approximate surface area is 106 Å². The number of nitrogens with one attached hydrogen (secondary N) is 1. The van der Waals surface area contributed by atoms with Crippen molar-refractivity contribution < 1.29 is 0 Å². The summed E-state index contributed by atoms with van der Waals surface area (Å²) in [7, 11) is 0. The average Bonchev–Trinajstić information content (AvgIpc) is 2.39. The maximum absolute atomic E-state index is 9.13. The molecular weight excluding hydrogens is 224 g/mol. The molecule has 1 N–H and O–H groups in total. The van der Waals surface area contributed by atoms with Crippen molar-refractivity contribution in [1.82, 2.24) is 9.97 Å². The smallest absolute Gasteiger partial charge is 0.143 e. The van der Waals surface area contributed by atoms with E-state index in [1.807, 2.05) is 26.0 Å². The molecule has 90 valence electrons. The zero-order valence-electron chi connectivity index (χ0n) is 10.4. The van der Waals surface area contributed by atoms with E-state index in [4.69, 9.17) is 5.26 Å². The van der Waals surface area contributed by atoms with Crippen LogP contribution in [-0.4, -0.2) is 16.5 Å². The van der Waals surface area contributed by atoms with Crippen LogP contribution in [0.1, 0.15) is 18.1 Å². The lowest BCUT2D eigenvalue weighted by Gasteiger charge is -2.07. The highest BCUT2D eigenvalue weighted by atomic mass is 15.0. The maximum atomic E-state index is 9.13. The van der Waals surface area contributed by atoms with E-state index < -0.39 is 0 Å². The summed E-state index contributed by atoms with van der Waals surface area (Å²) in [6.45, 7) is 4.70. The number of hydrogen-bond acceptors (Lipinski definition) is 4. The van der Waals surface area contributed by atoms with Crippen LogP contribution in [-0.2, 0) is 0 Å². The predicted octanol–water partition coefficient (Wildman–Crippen LogP) is 2.76. The second-order valence-corrected chi connectivity index (χ2v) is 4.01. The van der Waals surface area contributed by atoms with Crippen molar-refractivity contribution in [3.05, 3.63) is 41.9 Å². The summed E-state index contributed by atoms with van der Waals surface area (Å²) in [6.07, 6.45) is 5.34.